The highest BCUT2D eigenvalue weighted by Gasteiger charge is 2.25. The molecule has 1 aliphatic heterocycles. The van der Waals surface area contributed by atoms with Crippen LogP contribution in [-0.2, 0) is 6.54 Å². The zero-order valence-electron chi connectivity index (χ0n) is 14.9. The molecule has 5 heteroatoms. The molecule has 3 nitrogen and oxygen atoms in total. The first kappa shape index (κ1) is 17.6. The van der Waals surface area contributed by atoms with Crippen molar-refractivity contribution < 1.29 is 18.5 Å². The van der Waals surface area contributed by atoms with Crippen LogP contribution >= 0.6 is 0 Å². The number of piperazine rings is 1. The van der Waals surface area contributed by atoms with E-state index in [9.17, 15) is 13.6 Å². The third-order valence-corrected chi connectivity index (χ3v) is 5.24. The van der Waals surface area contributed by atoms with Gasteiger partial charge in [0.1, 0.15) is 6.54 Å². The van der Waals surface area contributed by atoms with Gasteiger partial charge in [0.25, 0.3) is 5.91 Å². The maximum absolute atomic E-state index is 13.4. The molecule has 0 aromatic heterocycles. The SMILES string of the molecule is O=C(c1ccc(F)c(F)c1)N1CC[NH+](Cc2cccc3ccccc23)CC1. The molecule has 0 unspecified atom stereocenters. The molecule has 0 radical (unpaired) electrons. The highest BCUT2D eigenvalue weighted by Crippen LogP contribution is 2.18. The van der Waals surface area contributed by atoms with Gasteiger partial charge in [0.2, 0.25) is 0 Å². The number of fused-ring (bicyclic) bond motifs is 1. The van der Waals surface area contributed by atoms with Crippen LogP contribution in [0.1, 0.15) is 15.9 Å². The molecule has 0 spiro atoms. The minimum atomic E-state index is -0.985. The van der Waals surface area contributed by atoms with E-state index in [0.29, 0.717) is 13.1 Å². The number of nitrogens with one attached hydrogen (secondary N) is 1. The Morgan fingerprint density at radius 3 is 2.44 bits per heavy atom. The van der Waals surface area contributed by atoms with Crippen molar-refractivity contribution in [1.29, 1.82) is 0 Å². The largest absolute Gasteiger partial charge is 0.328 e. The third-order valence-electron chi connectivity index (χ3n) is 5.24. The van der Waals surface area contributed by atoms with E-state index in [1.165, 1.54) is 27.3 Å². The van der Waals surface area contributed by atoms with Crippen LogP contribution < -0.4 is 4.90 Å². The van der Waals surface area contributed by atoms with Gasteiger partial charge >= 0.3 is 0 Å². The van der Waals surface area contributed by atoms with Gasteiger partial charge in [0.15, 0.2) is 11.6 Å². The van der Waals surface area contributed by atoms with Crippen LogP contribution in [0, 0.1) is 11.6 Å². The van der Waals surface area contributed by atoms with Crippen molar-refractivity contribution in [3.63, 3.8) is 0 Å². The van der Waals surface area contributed by atoms with Gasteiger partial charge in [-0.05, 0) is 29.0 Å². The van der Waals surface area contributed by atoms with Gasteiger partial charge in [-0.15, -0.1) is 0 Å². The highest BCUT2D eigenvalue weighted by molar-refractivity contribution is 5.94. The molecule has 0 bridgehead atoms. The molecule has 27 heavy (non-hydrogen) atoms. The lowest BCUT2D eigenvalue weighted by molar-refractivity contribution is -0.917. The summed E-state index contributed by atoms with van der Waals surface area (Å²) in [5.74, 6) is -2.16. The van der Waals surface area contributed by atoms with Crippen LogP contribution in [-0.4, -0.2) is 37.0 Å². The summed E-state index contributed by atoms with van der Waals surface area (Å²) in [6, 6.07) is 18.1. The van der Waals surface area contributed by atoms with Gasteiger partial charge in [-0.25, -0.2) is 8.78 Å². The number of hydrogen-bond donors (Lipinski definition) is 1. The van der Waals surface area contributed by atoms with E-state index >= 15 is 0 Å². The standard InChI is InChI=1S/C22H20F2N2O/c23-20-9-8-17(14-21(20)24)22(27)26-12-10-25(11-13-26)15-18-6-3-5-16-4-1-2-7-19(16)18/h1-9,14H,10-13,15H2/p+1. The summed E-state index contributed by atoms with van der Waals surface area (Å²) in [6.07, 6.45) is 0. The van der Waals surface area contributed by atoms with E-state index in [-0.39, 0.29) is 11.5 Å². The maximum atomic E-state index is 13.4. The minimum Gasteiger partial charge on any atom is -0.328 e. The summed E-state index contributed by atoms with van der Waals surface area (Å²) >= 11 is 0. The lowest BCUT2D eigenvalue weighted by Gasteiger charge is -2.32. The second-order valence-electron chi connectivity index (χ2n) is 6.99. The van der Waals surface area contributed by atoms with Crippen LogP contribution in [0.2, 0.25) is 0 Å². The molecule has 0 saturated carbocycles. The molecular weight excluding hydrogens is 346 g/mol. The van der Waals surface area contributed by atoms with Crippen LogP contribution in [0.5, 0.6) is 0 Å². The van der Waals surface area contributed by atoms with Crippen molar-refractivity contribution in [1.82, 2.24) is 4.90 Å². The number of nitrogens with zero attached hydrogens (tertiary/aromatic N) is 1. The van der Waals surface area contributed by atoms with E-state index in [2.05, 4.69) is 36.4 Å². The van der Waals surface area contributed by atoms with E-state index in [1.807, 2.05) is 6.07 Å². The van der Waals surface area contributed by atoms with Crippen molar-refractivity contribution in [3.8, 4) is 0 Å². The highest BCUT2D eigenvalue weighted by atomic mass is 19.2. The lowest BCUT2D eigenvalue weighted by Crippen LogP contribution is -3.13. The Balaban J connectivity index is 1.41. The molecular formula is C22H21F2N2O+. The first-order valence-electron chi connectivity index (χ1n) is 9.16. The first-order valence-corrected chi connectivity index (χ1v) is 9.16. The van der Waals surface area contributed by atoms with E-state index in [1.54, 1.807) is 4.90 Å². The van der Waals surface area contributed by atoms with Gasteiger partial charge in [0.05, 0.1) is 26.2 Å². The quantitative estimate of drug-likeness (QED) is 0.756. The number of amides is 1. The van der Waals surface area contributed by atoms with Gasteiger partial charge < -0.3 is 9.80 Å². The van der Waals surface area contributed by atoms with Crippen LogP contribution in [0.15, 0.2) is 60.7 Å². The fourth-order valence-corrected chi connectivity index (χ4v) is 3.73. The average Bonchev–Trinajstić information content (AvgIpc) is 2.70. The molecule has 1 amide bonds. The zero-order valence-corrected chi connectivity index (χ0v) is 14.9. The summed E-state index contributed by atoms with van der Waals surface area (Å²) in [7, 11) is 0. The summed E-state index contributed by atoms with van der Waals surface area (Å²) in [6.45, 7) is 3.79. The van der Waals surface area contributed by atoms with E-state index < -0.39 is 11.6 Å². The number of hydrogen-bond acceptors (Lipinski definition) is 1. The molecule has 1 N–H and O–H groups in total. The van der Waals surface area contributed by atoms with E-state index in [0.717, 1.165) is 31.8 Å². The monoisotopic (exact) mass is 367 g/mol. The minimum absolute atomic E-state index is 0.200. The number of carbonyl (C=O) groups excluding carboxylic acids is 1. The fraction of sp³-hybridized carbons (Fsp3) is 0.227. The normalized spacial score (nSPS) is 15.3. The predicted octanol–water partition coefficient (Wildman–Crippen LogP) is 2.66. The van der Waals surface area contributed by atoms with Crippen LogP contribution in [0.4, 0.5) is 8.78 Å². The Bertz CT molecular complexity index is 976. The van der Waals surface area contributed by atoms with Crippen molar-refractivity contribution in [2.45, 2.75) is 6.54 Å². The molecule has 1 saturated heterocycles. The van der Waals surface area contributed by atoms with Crippen molar-refractivity contribution in [2.24, 2.45) is 0 Å². The van der Waals surface area contributed by atoms with Gasteiger partial charge in [0, 0.05) is 11.1 Å². The second kappa shape index (κ2) is 7.45. The number of rotatable bonds is 3. The Morgan fingerprint density at radius 1 is 0.926 bits per heavy atom. The van der Waals surface area contributed by atoms with Crippen molar-refractivity contribution >= 4 is 16.7 Å². The molecule has 138 valence electrons. The molecule has 1 aliphatic rings. The molecule has 0 atom stereocenters. The fourth-order valence-electron chi connectivity index (χ4n) is 3.73. The molecule has 3 aromatic rings. The number of carbonyl (C=O) groups is 1. The van der Waals surface area contributed by atoms with Gasteiger partial charge in [-0.1, -0.05) is 42.5 Å². The Labute approximate surface area is 156 Å². The van der Waals surface area contributed by atoms with Crippen LogP contribution in [0.25, 0.3) is 10.8 Å². The first-order chi connectivity index (χ1) is 13.1. The lowest BCUT2D eigenvalue weighted by atomic mass is 10.0. The van der Waals surface area contributed by atoms with Gasteiger partial charge in [-0.2, -0.15) is 0 Å². The smallest absolute Gasteiger partial charge is 0.254 e. The zero-order chi connectivity index (χ0) is 18.8. The van der Waals surface area contributed by atoms with Gasteiger partial charge in [-0.3, -0.25) is 4.79 Å². The van der Waals surface area contributed by atoms with Crippen LogP contribution in [0.3, 0.4) is 0 Å². The third kappa shape index (κ3) is 3.69. The molecule has 0 aliphatic carbocycles. The Kier molecular flexibility index (Phi) is 4.86. The summed E-state index contributed by atoms with van der Waals surface area (Å²) in [5.41, 5.74) is 1.51. The average molecular weight is 367 g/mol. The number of halogens is 2. The Hall–Kier alpha value is -2.79. The Morgan fingerprint density at radius 2 is 1.67 bits per heavy atom. The molecule has 3 aromatic carbocycles. The second-order valence-corrected chi connectivity index (χ2v) is 6.99. The summed E-state index contributed by atoms with van der Waals surface area (Å²) in [5, 5.41) is 2.51. The molecule has 4 rings (SSSR count). The maximum Gasteiger partial charge on any atom is 0.254 e. The van der Waals surface area contributed by atoms with Crippen molar-refractivity contribution in [2.75, 3.05) is 26.2 Å². The number of quaternary nitrogens is 1. The van der Waals surface area contributed by atoms with Crippen molar-refractivity contribution in [3.05, 3.63) is 83.4 Å². The molecule has 1 heterocycles. The predicted molar refractivity (Wildman–Crippen MR) is 101 cm³/mol. The van der Waals surface area contributed by atoms with E-state index in [4.69, 9.17) is 0 Å². The molecule has 1 fully saturated rings. The topological polar surface area (TPSA) is 24.8 Å². The summed E-state index contributed by atoms with van der Waals surface area (Å²) in [4.78, 5) is 15.7. The number of benzene rings is 3. The summed E-state index contributed by atoms with van der Waals surface area (Å²) < 4.78 is 26.5.